The number of hydrogen-bond donors (Lipinski definition) is 3. The predicted molar refractivity (Wildman–Crippen MR) is 64.3 cm³/mol. The van der Waals surface area contributed by atoms with Gasteiger partial charge in [-0.1, -0.05) is 6.92 Å². The van der Waals surface area contributed by atoms with Crippen molar-refractivity contribution < 1.29 is 24.6 Å². The summed E-state index contributed by atoms with van der Waals surface area (Å²) in [7, 11) is 1.54. The zero-order valence-electron chi connectivity index (χ0n) is 11.1. The molecule has 0 rings (SSSR count). The second kappa shape index (κ2) is 6.23. The number of carbonyl (C=O) groups is 3. The summed E-state index contributed by atoms with van der Waals surface area (Å²) in [6.45, 7) is 5.56. The van der Waals surface area contributed by atoms with Gasteiger partial charge < -0.3 is 20.4 Å². The van der Waals surface area contributed by atoms with Gasteiger partial charge in [-0.3, -0.25) is 4.79 Å². The van der Waals surface area contributed by atoms with Gasteiger partial charge in [-0.15, -0.1) is 0 Å². The van der Waals surface area contributed by atoms with Crippen LogP contribution in [0.1, 0.15) is 33.6 Å². The molecule has 3 N–H and O–H groups in total. The monoisotopic (exact) mass is 260 g/mol. The van der Waals surface area contributed by atoms with Gasteiger partial charge in [0.1, 0.15) is 6.04 Å². The van der Waals surface area contributed by atoms with Gasteiger partial charge in [-0.25, -0.2) is 9.59 Å². The molecular formula is C11H20N2O5. The van der Waals surface area contributed by atoms with E-state index in [0.717, 1.165) is 0 Å². The average molecular weight is 260 g/mol. The van der Waals surface area contributed by atoms with E-state index in [2.05, 4.69) is 5.32 Å². The molecular weight excluding hydrogens is 240 g/mol. The molecule has 2 amide bonds. The van der Waals surface area contributed by atoms with E-state index in [1.165, 1.54) is 4.90 Å². The van der Waals surface area contributed by atoms with E-state index >= 15 is 0 Å². The molecule has 1 atom stereocenters. The zero-order valence-corrected chi connectivity index (χ0v) is 11.1. The Morgan fingerprint density at radius 3 is 2.11 bits per heavy atom. The summed E-state index contributed by atoms with van der Waals surface area (Å²) in [5.74, 6) is -2.64. The van der Waals surface area contributed by atoms with Gasteiger partial charge in [0.15, 0.2) is 0 Å². The average Bonchev–Trinajstić information content (AvgIpc) is 2.26. The number of carboxylic acids is 2. The Hall–Kier alpha value is -1.79. The molecule has 0 saturated heterocycles. The summed E-state index contributed by atoms with van der Waals surface area (Å²) < 4.78 is 0. The number of carboxylic acid groups (broad SMARTS) is 2. The number of hydrogen-bond acceptors (Lipinski definition) is 3. The highest BCUT2D eigenvalue weighted by molar-refractivity contribution is 5.86. The summed E-state index contributed by atoms with van der Waals surface area (Å²) >= 11 is 0. The van der Waals surface area contributed by atoms with Crippen LogP contribution in [0, 0.1) is 0 Å². The van der Waals surface area contributed by atoms with Crippen LogP contribution < -0.4 is 5.32 Å². The van der Waals surface area contributed by atoms with E-state index in [1.54, 1.807) is 7.05 Å². The molecule has 0 spiro atoms. The first-order valence-corrected chi connectivity index (χ1v) is 5.60. The van der Waals surface area contributed by atoms with Crippen LogP contribution >= 0.6 is 0 Å². The fourth-order valence-corrected chi connectivity index (χ4v) is 1.13. The third-order valence-electron chi connectivity index (χ3n) is 3.05. The molecule has 0 aliphatic rings. The van der Waals surface area contributed by atoms with Crippen molar-refractivity contribution in [2.24, 2.45) is 0 Å². The third-order valence-corrected chi connectivity index (χ3v) is 3.05. The second-order valence-electron chi connectivity index (χ2n) is 4.66. The summed E-state index contributed by atoms with van der Waals surface area (Å²) in [6, 6.07) is -2.03. The molecule has 0 aliphatic heterocycles. The lowest BCUT2D eigenvalue weighted by molar-refractivity contribution is -0.145. The number of nitrogens with zero attached hydrogens (tertiary/aromatic N) is 1. The van der Waals surface area contributed by atoms with Crippen LogP contribution in [-0.2, 0) is 9.59 Å². The Morgan fingerprint density at radius 2 is 1.78 bits per heavy atom. The van der Waals surface area contributed by atoms with Crippen molar-refractivity contribution in [3.8, 4) is 0 Å². The fourth-order valence-electron chi connectivity index (χ4n) is 1.13. The van der Waals surface area contributed by atoms with Gasteiger partial charge in [-0.2, -0.15) is 0 Å². The Morgan fingerprint density at radius 1 is 1.28 bits per heavy atom. The number of rotatable bonds is 6. The molecule has 0 aromatic rings. The zero-order chi connectivity index (χ0) is 14.5. The lowest BCUT2D eigenvalue weighted by Crippen LogP contribution is -2.53. The van der Waals surface area contributed by atoms with Crippen molar-refractivity contribution >= 4 is 18.0 Å². The summed E-state index contributed by atoms with van der Waals surface area (Å²) in [4.78, 5) is 34.5. The fraction of sp³-hybridized carbons (Fsp3) is 0.727. The maximum atomic E-state index is 11.8. The van der Waals surface area contributed by atoms with E-state index in [9.17, 15) is 14.4 Å². The first-order valence-electron chi connectivity index (χ1n) is 5.60. The molecule has 0 heterocycles. The lowest BCUT2D eigenvalue weighted by atomic mass is 10.0. The van der Waals surface area contributed by atoms with Gasteiger partial charge in [0, 0.05) is 12.6 Å². The summed E-state index contributed by atoms with van der Waals surface area (Å²) in [5.41, 5.74) is -0.434. The topological polar surface area (TPSA) is 107 Å². The minimum Gasteiger partial charge on any atom is -0.481 e. The minimum atomic E-state index is -1.43. The largest absolute Gasteiger partial charge is 0.481 e. The van der Waals surface area contributed by atoms with E-state index < -0.39 is 36.0 Å². The van der Waals surface area contributed by atoms with Crippen LogP contribution in [0.25, 0.3) is 0 Å². The molecule has 0 unspecified atom stereocenters. The quantitative estimate of drug-likeness (QED) is 0.653. The normalized spacial score (nSPS) is 12.7. The number of nitrogens with one attached hydrogen (secondary N) is 1. The van der Waals surface area contributed by atoms with Crippen molar-refractivity contribution in [3.05, 3.63) is 0 Å². The van der Waals surface area contributed by atoms with Gasteiger partial charge in [0.25, 0.3) is 0 Å². The predicted octanol–water partition coefficient (Wildman–Crippen LogP) is 0.744. The van der Waals surface area contributed by atoms with Crippen molar-refractivity contribution in [3.63, 3.8) is 0 Å². The molecule has 7 heteroatoms. The molecule has 0 radical (unpaired) electrons. The number of aliphatic carboxylic acids is 2. The van der Waals surface area contributed by atoms with E-state index in [1.807, 2.05) is 20.8 Å². The minimum absolute atomic E-state index is 0.434. The van der Waals surface area contributed by atoms with Crippen LogP contribution in [0.5, 0.6) is 0 Å². The van der Waals surface area contributed by atoms with Crippen LogP contribution in [0.15, 0.2) is 0 Å². The molecule has 0 fully saturated rings. The highest BCUT2D eigenvalue weighted by Crippen LogP contribution is 2.16. The molecule has 0 aromatic carbocycles. The Labute approximate surface area is 106 Å². The van der Waals surface area contributed by atoms with E-state index in [-0.39, 0.29) is 0 Å². The maximum Gasteiger partial charge on any atom is 0.326 e. The Bertz CT molecular complexity index is 340. The Balaban J connectivity index is 4.70. The number of carbonyl (C=O) groups excluding carboxylic acids is 1. The molecule has 0 aliphatic carbocycles. The van der Waals surface area contributed by atoms with Gasteiger partial charge >= 0.3 is 18.0 Å². The summed E-state index contributed by atoms with van der Waals surface area (Å²) in [5, 5.41) is 19.6. The van der Waals surface area contributed by atoms with Crippen LogP contribution in [0.3, 0.4) is 0 Å². The molecule has 0 saturated carbocycles. The van der Waals surface area contributed by atoms with Crippen molar-refractivity contribution in [2.75, 3.05) is 7.05 Å². The molecule has 0 bridgehead atoms. The molecule has 7 nitrogen and oxygen atoms in total. The smallest absolute Gasteiger partial charge is 0.326 e. The van der Waals surface area contributed by atoms with Crippen molar-refractivity contribution in [1.82, 2.24) is 10.2 Å². The van der Waals surface area contributed by atoms with Gasteiger partial charge in [0.05, 0.1) is 6.42 Å². The molecule has 0 aromatic heterocycles. The van der Waals surface area contributed by atoms with Gasteiger partial charge in [0.2, 0.25) is 0 Å². The molecule has 18 heavy (non-hydrogen) atoms. The SMILES string of the molecule is CCC(C)(C)N(C)C(=O)N[C@@H](CC(=O)O)C(=O)O. The highest BCUT2D eigenvalue weighted by atomic mass is 16.4. The number of amides is 2. The standard InChI is InChI=1S/C11H20N2O5/c1-5-11(2,3)13(4)10(18)12-7(9(16)17)6-8(14)15/h7H,5-6H2,1-4H3,(H,12,18)(H,14,15)(H,16,17)/t7-/m0/s1. The maximum absolute atomic E-state index is 11.8. The van der Waals surface area contributed by atoms with Gasteiger partial charge in [-0.05, 0) is 20.3 Å². The van der Waals surface area contributed by atoms with E-state index in [4.69, 9.17) is 10.2 Å². The van der Waals surface area contributed by atoms with Crippen LogP contribution in [-0.4, -0.2) is 51.7 Å². The van der Waals surface area contributed by atoms with E-state index in [0.29, 0.717) is 6.42 Å². The van der Waals surface area contributed by atoms with Crippen LogP contribution in [0.2, 0.25) is 0 Å². The molecule has 104 valence electrons. The first kappa shape index (κ1) is 16.2. The van der Waals surface area contributed by atoms with Crippen molar-refractivity contribution in [2.45, 2.75) is 45.2 Å². The third kappa shape index (κ3) is 4.60. The Kier molecular flexibility index (Phi) is 5.61. The number of urea groups is 1. The highest BCUT2D eigenvalue weighted by Gasteiger charge is 2.29. The first-order chi connectivity index (χ1) is 8.11. The van der Waals surface area contributed by atoms with Crippen LogP contribution in [0.4, 0.5) is 4.79 Å². The van der Waals surface area contributed by atoms with Crippen molar-refractivity contribution in [1.29, 1.82) is 0 Å². The summed E-state index contributed by atoms with van der Waals surface area (Å²) in [6.07, 6.45) is 0.0368. The second-order valence-corrected chi connectivity index (χ2v) is 4.66. The lowest BCUT2D eigenvalue weighted by Gasteiger charge is -2.35.